The number of carbonyl (C=O) groups is 2. The van der Waals surface area contributed by atoms with Gasteiger partial charge in [-0.05, 0) is 26.3 Å². The highest BCUT2D eigenvalue weighted by atomic mass is 16.5. The van der Waals surface area contributed by atoms with Crippen LogP contribution in [0.3, 0.4) is 0 Å². The molecule has 0 aliphatic carbocycles. The van der Waals surface area contributed by atoms with E-state index in [-0.39, 0.29) is 12.1 Å². The van der Waals surface area contributed by atoms with Crippen LogP contribution in [0.25, 0.3) is 0 Å². The number of ether oxygens (including phenoxy) is 2. The summed E-state index contributed by atoms with van der Waals surface area (Å²) >= 11 is 0. The van der Waals surface area contributed by atoms with E-state index in [4.69, 9.17) is 14.6 Å². The highest BCUT2D eigenvalue weighted by Crippen LogP contribution is 2.02. The van der Waals surface area contributed by atoms with Gasteiger partial charge in [0.05, 0.1) is 12.2 Å². The fourth-order valence-corrected chi connectivity index (χ4v) is 0.870. The summed E-state index contributed by atoms with van der Waals surface area (Å²) in [4.78, 5) is 18.9. The minimum absolute atomic E-state index is 0.0417. The summed E-state index contributed by atoms with van der Waals surface area (Å²) in [5.74, 6) is -1.04. The van der Waals surface area contributed by atoms with Crippen molar-refractivity contribution in [2.45, 2.75) is 46.8 Å². The van der Waals surface area contributed by atoms with E-state index in [0.717, 1.165) is 0 Å². The second-order valence-corrected chi connectivity index (χ2v) is 5.13. The number of methoxy groups -OCH3 is 2. The quantitative estimate of drug-likeness (QED) is 0.803. The number of carboxylic acids is 1. The topological polar surface area (TPSA) is 84.9 Å². The normalized spacial score (nSPS) is 8.96. The Kier molecular flexibility index (Phi) is 21.5. The van der Waals surface area contributed by atoms with Crippen molar-refractivity contribution in [1.29, 1.82) is 0 Å². The summed E-state index contributed by atoms with van der Waals surface area (Å²) in [5.41, 5.74) is 1.26. The molecule has 0 heterocycles. The van der Waals surface area contributed by atoms with Gasteiger partial charge in [0, 0.05) is 14.2 Å². The Balaban J connectivity index is -0.000000268. The first-order chi connectivity index (χ1) is 11.3. The van der Waals surface area contributed by atoms with E-state index < -0.39 is 5.97 Å². The Morgan fingerprint density at radius 2 is 1.62 bits per heavy atom. The number of hydrogen-bond donors (Lipinski definition) is 2. The van der Waals surface area contributed by atoms with E-state index in [1.807, 2.05) is 70.3 Å². The van der Waals surface area contributed by atoms with Gasteiger partial charge in [0.15, 0.2) is 0 Å². The number of hydrogen-bond acceptors (Lipinski definition) is 4. The van der Waals surface area contributed by atoms with Crippen molar-refractivity contribution in [3.63, 3.8) is 0 Å². The molecular weight excluding hydrogens is 310 g/mol. The van der Waals surface area contributed by atoms with E-state index in [2.05, 4.69) is 0 Å². The van der Waals surface area contributed by atoms with Crippen molar-refractivity contribution < 1.29 is 24.2 Å². The maximum absolute atomic E-state index is 9.54. The van der Waals surface area contributed by atoms with Gasteiger partial charge in [-0.25, -0.2) is 0 Å². The highest BCUT2D eigenvalue weighted by molar-refractivity contribution is 5.71. The molecule has 1 aromatic rings. The van der Waals surface area contributed by atoms with Gasteiger partial charge in [0.25, 0.3) is 0 Å². The lowest BCUT2D eigenvalue weighted by molar-refractivity contribution is -0.136. The molecule has 140 valence electrons. The van der Waals surface area contributed by atoms with E-state index in [0.29, 0.717) is 13.0 Å². The number of nitrogens with one attached hydrogen (secondary N) is 1. The zero-order chi connectivity index (χ0) is 19.4. The molecule has 6 heteroatoms. The Bertz CT molecular complexity index is 388. The average Bonchev–Trinajstić information content (AvgIpc) is 2.56. The van der Waals surface area contributed by atoms with Crippen LogP contribution in [0.1, 0.15) is 40.2 Å². The Labute approximate surface area is 146 Å². The second kappa shape index (κ2) is 19.1. The van der Waals surface area contributed by atoms with Crippen molar-refractivity contribution in [3.05, 3.63) is 35.9 Å². The lowest BCUT2D eigenvalue weighted by Crippen LogP contribution is -2.20. The number of benzene rings is 1. The smallest absolute Gasteiger partial charge is 0.322 e. The summed E-state index contributed by atoms with van der Waals surface area (Å²) in [6, 6.07) is 10.1. The largest absolute Gasteiger partial charge is 0.480 e. The average molecular weight is 343 g/mol. The molecule has 0 fully saturated rings. The molecule has 2 N–H and O–H groups in total. The summed E-state index contributed by atoms with van der Waals surface area (Å²) in [6.07, 6.45) is 0.341. The number of rotatable bonds is 5. The van der Waals surface area contributed by atoms with Gasteiger partial charge in [0.2, 0.25) is 6.41 Å². The molecule has 0 aromatic heterocycles. The molecule has 0 aliphatic heterocycles. The Hall–Kier alpha value is -1.92. The third kappa shape index (κ3) is 28.3. The summed E-state index contributed by atoms with van der Waals surface area (Å²) in [5, 5.41) is 9.79. The minimum atomic E-state index is -1.04. The standard InChI is InChI=1S/C8H10O.C5H12O.C3H5NO3.C2H6/c1-9-7-8-5-3-2-4-6-8;1-5(2,3)6-4;5-2-4-1-3(6)7;1-2/h2-6H,7H2,1H3;1-4H3;2H,1H2,(H,4,5)(H,6,7);1-2H3. The maximum atomic E-state index is 9.54. The number of carboxylic acid groups (broad SMARTS) is 1. The molecule has 1 aromatic carbocycles. The number of aliphatic carboxylic acids is 1. The van der Waals surface area contributed by atoms with Crippen molar-refractivity contribution >= 4 is 12.4 Å². The summed E-state index contributed by atoms with van der Waals surface area (Å²) in [6.45, 7) is 10.5. The fourth-order valence-electron chi connectivity index (χ4n) is 0.870. The molecule has 6 nitrogen and oxygen atoms in total. The molecule has 0 atom stereocenters. The fraction of sp³-hybridized carbons (Fsp3) is 0.556. The number of carbonyl (C=O) groups excluding carboxylic acids is 1. The van der Waals surface area contributed by atoms with Crippen LogP contribution in [0.5, 0.6) is 0 Å². The molecular formula is C18H33NO5. The third-order valence-electron chi connectivity index (χ3n) is 2.10. The molecule has 0 saturated heterocycles. The first-order valence-corrected chi connectivity index (χ1v) is 7.73. The number of amides is 1. The van der Waals surface area contributed by atoms with Crippen molar-refractivity contribution in [1.82, 2.24) is 5.32 Å². The van der Waals surface area contributed by atoms with Gasteiger partial charge in [-0.2, -0.15) is 0 Å². The van der Waals surface area contributed by atoms with Gasteiger partial charge < -0.3 is 19.9 Å². The molecule has 0 unspecified atom stereocenters. The van der Waals surface area contributed by atoms with Crippen molar-refractivity contribution in [2.24, 2.45) is 0 Å². The summed E-state index contributed by atoms with van der Waals surface area (Å²) < 4.78 is 9.87. The Morgan fingerprint density at radius 1 is 1.17 bits per heavy atom. The molecule has 0 bridgehead atoms. The van der Waals surface area contributed by atoms with Crippen LogP contribution in [0.4, 0.5) is 0 Å². The SMILES string of the molecule is CC.COC(C)(C)C.COCc1ccccc1.O=CNCC(=O)O. The van der Waals surface area contributed by atoms with Gasteiger partial charge in [-0.3, -0.25) is 9.59 Å². The zero-order valence-electron chi connectivity index (χ0n) is 16.0. The van der Waals surface area contributed by atoms with Crippen LogP contribution in [0, 0.1) is 0 Å². The van der Waals surface area contributed by atoms with E-state index >= 15 is 0 Å². The van der Waals surface area contributed by atoms with Crippen LogP contribution in [-0.4, -0.2) is 43.9 Å². The van der Waals surface area contributed by atoms with Gasteiger partial charge in [0.1, 0.15) is 6.54 Å². The van der Waals surface area contributed by atoms with E-state index in [9.17, 15) is 9.59 Å². The van der Waals surface area contributed by atoms with Crippen LogP contribution in [-0.2, 0) is 25.7 Å². The van der Waals surface area contributed by atoms with E-state index in [1.165, 1.54) is 5.56 Å². The van der Waals surface area contributed by atoms with Gasteiger partial charge >= 0.3 is 5.97 Å². The second-order valence-electron chi connectivity index (χ2n) is 5.13. The minimum Gasteiger partial charge on any atom is -0.480 e. The lowest BCUT2D eigenvalue weighted by Gasteiger charge is -2.14. The molecule has 0 radical (unpaired) electrons. The molecule has 0 spiro atoms. The predicted octanol–water partition coefficient (Wildman–Crippen LogP) is 3.11. The molecule has 0 saturated carbocycles. The molecule has 24 heavy (non-hydrogen) atoms. The molecule has 1 amide bonds. The first kappa shape index (κ1) is 27.0. The van der Waals surface area contributed by atoms with Crippen LogP contribution < -0.4 is 5.32 Å². The molecule has 0 aliphatic rings. The van der Waals surface area contributed by atoms with Gasteiger partial charge in [-0.1, -0.05) is 44.2 Å². The first-order valence-electron chi connectivity index (χ1n) is 7.73. The summed E-state index contributed by atoms with van der Waals surface area (Å²) in [7, 11) is 3.41. The highest BCUT2D eigenvalue weighted by Gasteiger charge is 2.04. The monoisotopic (exact) mass is 343 g/mol. The molecule has 1 rings (SSSR count). The predicted molar refractivity (Wildman–Crippen MR) is 97.0 cm³/mol. The van der Waals surface area contributed by atoms with Crippen molar-refractivity contribution in [3.8, 4) is 0 Å². The lowest BCUT2D eigenvalue weighted by atomic mass is 10.2. The maximum Gasteiger partial charge on any atom is 0.322 e. The van der Waals surface area contributed by atoms with Crippen LogP contribution >= 0.6 is 0 Å². The Morgan fingerprint density at radius 3 is 1.88 bits per heavy atom. The van der Waals surface area contributed by atoms with Crippen LogP contribution in [0.2, 0.25) is 0 Å². The van der Waals surface area contributed by atoms with E-state index in [1.54, 1.807) is 14.2 Å². The zero-order valence-corrected chi connectivity index (χ0v) is 16.0. The van der Waals surface area contributed by atoms with Crippen molar-refractivity contribution in [2.75, 3.05) is 20.8 Å². The van der Waals surface area contributed by atoms with Gasteiger partial charge in [-0.15, -0.1) is 0 Å². The van der Waals surface area contributed by atoms with Crippen LogP contribution in [0.15, 0.2) is 30.3 Å². The third-order valence-corrected chi connectivity index (χ3v) is 2.10.